The first kappa shape index (κ1) is 14.4. The van der Waals surface area contributed by atoms with Crippen LogP contribution in [0.25, 0.3) is 49.3 Å². The van der Waals surface area contributed by atoms with E-state index in [4.69, 9.17) is 8.39 Å². The lowest BCUT2D eigenvalue weighted by molar-refractivity contribution is 0.654. The Morgan fingerprint density at radius 2 is 1.12 bits per heavy atom. The fourth-order valence-electron chi connectivity index (χ4n) is 3.46. The number of benzene rings is 4. The highest BCUT2D eigenvalue weighted by molar-refractivity contribution is 7.47. The van der Waals surface area contributed by atoms with E-state index < -0.39 is 8.01 Å². The van der Waals surface area contributed by atoms with Gasteiger partial charge in [0.2, 0.25) is 8.01 Å². The fraction of sp³-hybridized carbons (Fsp3) is 0. The quantitative estimate of drug-likeness (QED) is 0.312. The van der Waals surface area contributed by atoms with Crippen LogP contribution in [-0.4, -0.2) is 0 Å². The molecular weight excluding hydrogens is 327 g/mol. The summed E-state index contributed by atoms with van der Waals surface area (Å²) in [4.78, 5) is 0. The first-order chi connectivity index (χ1) is 12.3. The highest BCUT2D eigenvalue weighted by Crippen LogP contribution is 2.41. The number of fused-ring (bicyclic) bond motifs is 7. The van der Waals surface area contributed by atoms with Crippen LogP contribution in [0.15, 0.2) is 87.8 Å². The molecule has 0 bridgehead atoms. The molecule has 0 unspecified atom stereocenters. The minimum Gasteiger partial charge on any atom is -0.416 e. The van der Waals surface area contributed by atoms with E-state index in [2.05, 4.69) is 67.2 Å². The van der Waals surface area contributed by atoms with Gasteiger partial charge in [-0.15, -0.1) is 0 Å². The van der Waals surface area contributed by atoms with Crippen LogP contribution in [0.4, 0.5) is 0 Å². The van der Waals surface area contributed by atoms with Crippen LogP contribution >= 0.6 is 8.01 Å². The van der Waals surface area contributed by atoms with Gasteiger partial charge in [0.25, 0.3) is 0 Å². The van der Waals surface area contributed by atoms with Gasteiger partial charge in [-0.2, -0.15) is 0 Å². The molecule has 0 amide bonds. The Morgan fingerprint density at radius 3 is 1.60 bits per heavy atom. The van der Waals surface area contributed by atoms with Gasteiger partial charge >= 0.3 is 0 Å². The molecule has 0 N–H and O–H groups in total. The predicted molar refractivity (Wildman–Crippen MR) is 108 cm³/mol. The normalized spacial score (nSPS) is 11.4. The number of rotatable bonds is 1. The van der Waals surface area contributed by atoms with Crippen LogP contribution in [0.5, 0.6) is 0 Å². The van der Waals surface area contributed by atoms with Gasteiger partial charge in [-0.3, -0.25) is 0 Å². The Morgan fingerprint density at radius 1 is 0.640 bits per heavy atom. The van der Waals surface area contributed by atoms with Crippen molar-refractivity contribution in [2.75, 3.05) is 0 Å². The second-order valence-electron chi connectivity index (χ2n) is 5.97. The van der Waals surface area contributed by atoms with Crippen LogP contribution in [0.1, 0.15) is 0 Å². The zero-order chi connectivity index (χ0) is 16.8. The lowest BCUT2D eigenvalue weighted by Gasteiger charge is -2.05. The van der Waals surface area contributed by atoms with E-state index in [9.17, 15) is 0 Å². The highest BCUT2D eigenvalue weighted by Gasteiger charge is 2.11. The van der Waals surface area contributed by atoms with Crippen molar-refractivity contribution in [3.05, 3.63) is 79.4 Å². The zero-order valence-corrected chi connectivity index (χ0v) is 14.4. The lowest BCUT2D eigenvalue weighted by Crippen LogP contribution is -1.79. The molecule has 4 aromatic carbocycles. The van der Waals surface area contributed by atoms with Crippen molar-refractivity contribution in [3.8, 4) is 0 Å². The molecule has 0 saturated carbocycles. The second-order valence-corrected chi connectivity index (χ2v) is 7.27. The number of hydrogen-bond donors (Lipinski definition) is 0. The zero-order valence-electron chi connectivity index (χ0n) is 13.5. The second kappa shape index (κ2) is 5.54. The van der Waals surface area contributed by atoms with Crippen LogP contribution in [0, 0.1) is 0 Å². The molecule has 0 spiro atoms. The van der Waals surface area contributed by atoms with Crippen molar-refractivity contribution in [3.63, 3.8) is 0 Å². The van der Waals surface area contributed by atoms with Gasteiger partial charge in [0, 0.05) is 16.6 Å². The van der Waals surface area contributed by atoms with Crippen LogP contribution in [0.3, 0.4) is 0 Å². The number of hydrogen-bond acceptors (Lipinski definition) is 2. The molecule has 3 heteroatoms. The van der Waals surface area contributed by atoms with Gasteiger partial charge in [-0.1, -0.05) is 67.2 Å². The van der Waals surface area contributed by atoms with E-state index in [1.165, 1.54) is 21.5 Å². The Hall–Kier alpha value is -2.96. The molecule has 120 valence electrons. The van der Waals surface area contributed by atoms with E-state index in [0.717, 1.165) is 21.9 Å². The summed E-state index contributed by atoms with van der Waals surface area (Å²) in [5, 5.41) is 6.90. The van der Waals surface area contributed by atoms with Crippen LogP contribution in [0.2, 0.25) is 0 Å². The monoisotopic (exact) mass is 342 g/mol. The van der Waals surface area contributed by atoms with Crippen molar-refractivity contribution < 1.29 is 8.39 Å². The fourth-order valence-corrected chi connectivity index (χ4v) is 4.34. The van der Waals surface area contributed by atoms with E-state index in [1.54, 1.807) is 5.82 Å². The minimum absolute atomic E-state index is 0.847. The first-order valence-electron chi connectivity index (χ1n) is 8.17. The first-order valence-corrected chi connectivity index (χ1v) is 9.41. The maximum Gasteiger partial charge on any atom is 0.244 e. The van der Waals surface area contributed by atoms with Crippen LogP contribution in [-0.2, 0) is 0 Å². The van der Waals surface area contributed by atoms with Crippen molar-refractivity contribution in [2.45, 2.75) is 0 Å². The lowest BCUT2D eigenvalue weighted by atomic mass is 9.99. The largest absolute Gasteiger partial charge is 0.416 e. The van der Waals surface area contributed by atoms with Gasteiger partial charge in [-0.25, -0.2) is 0 Å². The minimum atomic E-state index is -1.22. The molecule has 5 aromatic rings. The van der Waals surface area contributed by atoms with Gasteiger partial charge in [-0.05, 0) is 33.7 Å². The molecule has 1 aromatic heterocycles. The van der Waals surface area contributed by atoms with Gasteiger partial charge in [0.1, 0.15) is 11.2 Å². The predicted octanol–water partition coefficient (Wildman–Crippen LogP) is 7.70. The van der Waals surface area contributed by atoms with Crippen LogP contribution < -0.4 is 0 Å². The molecular formula is C22H15O2P. The average Bonchev–Trinajstić information content (AvgIpc) is 2.84. The SMILES string of the molecule is C=Cp1oc2ccc3ccccc3c2c2c(ccc3ccccc32)o1. The Balaban J connectivity index is 2.22. The van der Waals surface area contributed by atoms with Crippen molar-refractivity contribution in [2.24, 2.45) is 0 Å². The summed E-state index contributed by atoms with van der Waals surface area (Å²) in [6.07, 6.45) is 0. The third kappa shape index (κ3) is 2.19. The molecule has 1 heterocycles. The topological polar surface area (TPSA) is 26.3 Å². The molecule has 2 nitrogen and oxygen atoms in total. The van der Waals surface area contributed by atoms with Crippen molar-refractivity contribution >= 4 is 57.3 Å². The summed E-state index contributed by atoms with van der Waals surface area (Å²) in [5.74, 6) is 1.75. The summed E-state index contributed by atoms with van der Waals surface area (Å²) in [5.41, 5.74) is 1.69. The Bertz CT molecular complexity index is 1220. The summed E-state index contributed by atoms with van der Waals surface area (Å²) in [6.45, 7) is 3.88. The smallest absolute Gasteiger partial charge is 0.244 e. The Labute approximate surface area is 145 Å². The molecule has 0 radical (unpaired) electrons. The van der Waals surface area contributed by atoms with E-state index in [0.29, 0.717) is 0 Å². The maximum absolute atomic E-state index is 6.17. The third-order valence-electron chi connectivity index (χ3n) is 4.56. The summed E-state index contributed by atoms with van der Waals surface area (Å²) in [7, 11) is -1.22. The average molecular weight is 342 g/mol. The Kier molecular flexibility index (Phi) is 3.19. The van der Waals surface area contributed by atoms with Gasteiger partial charge < -0.3 is 8.39 Å². The molecule has 0 aliphatic carbocycles. The summed E-state index contributed by atoms with van der Waals surface area (Å²) >= 11 is 0. The summed E-state index contributed by atoms with van der Waals surface area (Å²) in [6, 6.07) is 25.1. The molecule has 0 saturated heterocycles. The highest BCUT2D eigenvalue weighted by atomic mass is 31.1. The summed E-state index contributed by atoms with van der Waals surface area (Å²) < 4.78 is 12.3. The van der Waals surface area contributed by atoms with E-state index in [1.807, 2.05) is 12.1 Å². The van der Waals surface area contributed by atoms with Gasteiger partial charge in [0.15, 0.2) is 0 Å². The molecule has 0 atom stereocenters. The molecule has 0 fully saturated rings. The van der Waals surface area contributed by atoms with Crippen molar-refractivity contribution in [1.29, 1.82) is 0 Å². The molecule has 25 heavy (non-hydrogen) atoms. The maximum atomic E-state index is 6.17. The van der Waals surface area contributed by atoms with Crippen molar-refractivity contribution in [1.82, 2.24) is 0 Å². The van der Waals surface area contributed by atoms with Gasteiger partial charge in [0.05, 0.1) is 0 Å². The molecule has 5 rings (SSSR count). The van der Waals surface area contributed by atoms with E-state index in [-0.39, 0.29) is 0 Å². The standard InChI is InChI=1S/C22H15O2P/c1-2-25-23-19-13-11-15-7-3-5-9-17(15)21(19)22-18-10-6-4-8-16(18)12-14-20(22)24-25/h2-14H,1H2. The molecule has 0 aliphatic rings. The molecule has 0 aliphatic heterocycles. The van der Waals surface area contributed by atoms with E-state index >= 15 is 0 Å². The third-order valence-corrected chi connectivity index (χ3v) is 5.61.